The molecule has 0 aromatic heterocycles. The molecule has 3 nitrogen and oxygen atoms in total. The molecule has 0 aliphatic heterocycles. The van der Waals surface area contributed by atoms with Crippen LogP contribution in [-0.4, -0.2) is 31.8 Å². The van der Waals surface area contributed by atoms with Gasteiger partial charge in [0, 0.05) is 25.7 Å². The number of nitrogens with one attached hydrogen (secondary N) is 1. The maximum atomic E-state index is 5.88. The molecule has 0 radical (unpaired) electrons. The number of hydrogen-bond donors (Lipinski definition) is 2. The second-order valence-electron chi connectivity index (χ2n) is 4.42. The summed E-state index contributed by atoms with van der Waals surface area (Å²) >= 11 is 0. The van der Waals surface area contributed by atoms with Gasteiger partial charge in [-0.25, -0.2) is 0 Å². The Bertz CT molecular complexity index is 165. The molecule has 1 aliphatic carbocycles. The molecule has 0 spiro atoms. The van der Waals surface area contributed by atoms with Crippen LogP contribution in [0.5, 0.6) is 0 Å². The number of ether oxygens (including phenoxy) is 1. The van der Waals surface area contributed by atoms with Crippen molar-refractivity contribution in [1.29, 1.82) is 0 Å². The zero-order valence-electron chi connectivity index (χ0n) is 9.68. The SMILES string of the molecule is CCC(CN)(NCC(C)OC)C1CC1. The van der Waals surface area contributed by atoms with E-state index in [9.17, 15) is 0 Å². The fourth-order valence-electron chi connectivity index (χ4n) is 2.01. The van der Waals surface area contributed by atoms with Crippen LogP contribution in [0.25, 0.3) is 0 Å². The highest BCUT2D eigenvalue weighted by molar-refractivity contribution is 5.01. The van der Waals surface area contributed by atoms with Crippen LogP contribution >= 0.6 is 0 Å². The van der Waals surface area contributed by atoms with Gasteiger partial charge in [0.25, 0.3) is 0 Å². The molecule has 1 saturated carbocycles. The van der Waals surface area contributed by atoms with Crippen molar-refractivity contribution < 1.29 is 4.74 Å². The lowest BCUT2D eigenvalue weighted by molar-refractivity contribution is 0.103. The predicted molar refractivity (Wildman–Crippen MR) is 59.3 cm³/mol. The Morgan fingerprint density at radius 3 is 2.57 bits per heavy atom. The molecule has 2 unspecified atom stereocenters. The summed E-state index contributed by atoms with van der Waals surface area (Å²) in [6, 6.07) is 0. The molecule has 1 fully saturated rings. The Kier molecular flexibility index (Phi) is 4.35. The van der Waals surface area contributed by atoms with E-state index >= 15 is 0 Å². The van der Waals surface area contributed by atoms with Crippen molar-refractivity contribution in [3.8, 4) is 0 Å². The van der Waals surface area contributed by atoms with Gasteiger partial charge in [-0.15, -0.1) is 0 Å². The zero-order chi connectivity index (χ0) is 10.6. The van der Waals surface area contributed by atoms with Crippen LogP contribution in [0.4, 0.5) is 0 Å². The van der Waals surface area contributed by atoms with Crippen LogP contribution in [0.15, 0.2) is 0 Å². The smallest absolute Gasteiger partial charge is 0.0667 e. The van der Waals surface area contributed by atoms with Crippen LogP contribution in [0.1, 0.15) is 33.1 Å². The van der Waals surface area contributed by atoms with Crippen LogP contribution in [0.2, 0.25) is 0 Å². The summed E-state index contributed by atoms with van der Waals surface area (Å²) in [5.41, 5.74) is 6.06. The number of nitrogens with two attached hydrogens (primary N) is 1. The first-order valence-corrected chi connectivity index (χ1v) is 5.66. The molecule has 0 amide bonds. The normalized spacial score (nSPS) is 23.1. The molecule has 3 N–H and O–H groups in total. The van der Waals surface area contributed by atoms with E-state index in [4.69, 9.17) is 10.5 Å². The predicted octanol–water partition coefficient (Wildman–Crippen LogP) is 1.13. The molecule has 84 valence electrons. The number of methoxy groups -OCH3 is 1. The molecule has 2 atom stereocenters. The highest BCUT2D eigenvalue weighted by Gasteiger charge is 2.42. The maximum absolute atomic E-state index is 5.88. The Morgan fingerprint density at radius 2 is 2.21 bits per heavy atom. The van der Waals surface area contributed by atoms with Gasteiger partial charge >= 0.3 is 0 Å². The van der Waals surface area contributed by atoms with Gasteiger partial charge < -0.3 is 15.8 Å². The third-order valence-corrected chi connectivity index (χ3v) is 3.50. The van der Waals surface area contributed by atoms with Crippen molar-refractivity contribution >= 4 is 0 Å². The number of rotatable bonds is 7. The largest absolute Gasteiger partial charge is 0.380 e. The second-order valence-corrected chi connectivity index (χ2v) is 4.42. The molecule has 0 aromatic carbocycles. The van der Waals surface area contributed by atoms with E-state index in [1.807, 2.05) is 0 Å². The minimum absolute atomic E-state index is 0.173. The van der Waals surface area contributed by atoms with Gasteiger partial charge in [0.1, 0.15) is 0 Å². The first-order chi connectivity index (χ1) is 6.68. The van der Waals surface area contributed by atoms with E-state index in [1.54, 1.807) is 7.11 Å². The van der Waals surface area contributed by atoms with Gasteiger partial charge in [0.15, 0.2) is 0 Å². The molecule has 0 heterocycles. The lowest BCUT2D eigenvalue weighted by Crippen LogP contribution is -2.54. The van der Waals surface area contributed by atoms with Crippen molar-refractivity contribution in [3.63, 3.8) is 0 Å². The van der Waals surface area contributed by atoms with Crippen molar-refractivity contribution in [1.82, 2.24) is 5.32 Å². The summed E-state index contributed by atoms with van der Waals surface area (Å²) < 4.78 is 5.23. The molecule has 0 saturated heterocycles. The molecule has 1 aliphatic rings. The summed E-state index contributed by atoms with van der Waals surface area (Å²) in [6.07, 6.45) is 4.05. The van der Waals surface area contributed by atoms with Gasteiger partial charge in [0.05, 0.1) is 6.10 Å². The van der Waals surface area contributed by atoms with Gasteiger partial charge in [-0.05, 0) is 32.1 Å². The molecule has 14 heavy (non-hydrogen) atoms. The maximum Gasteiger partial charge on any atom is 0.0667 e. The number of hydrogen-bond acceptors (Lipinski definition) is 3. The molecular formula is C11H24N2O. The Morgan fingerprint density at radius 1 is 1.57 bits per heavy atom. The Labute approximate surface area is 87.4 Å². The Balaban J connectivity index is 2.42. The minimum atomic E-state index is 0.173. The first-order valence-electron chi connectivity index (χ1n) is 5.66. The van der Waals surface area contributed by atoms with E-state index in [1.165, 1.54) is 12.8 Å². The fraction of sp³-hybridized carbons (Fsp3) is 1.00. The van der Waals surface area contributed by atoms with Crippen molar-refractivity contribution in [2.24, 2.45) is 11.7 Å². The summed E-state index contributed by atoms with van der Waals surface area (Å²) in [5.74, 6) is 0.793. The quantitative estimate of drug-likeness (QED) is 0.647. The van der Waals surface area contributed by atoms with Crippen LogP contribution in [-0.2, 0) is 4.74 Å². The highest BCUT2D eigenvalue weighted by atomic mass is 16.5. The summed E-state index contributed by atoms with van der Waals surface area (Å²) in [4.78, 5) is 0. The van der Waals surface area contributed by atoms with E-state index in [0.29, 0.717) is 0 Å². The average molecular weight is 200 g/mol. The fourth-order valence-corrected chi connectivity index (χ4v) is 2.01. The van der Waals surface area contributed by atoms with E-state index in [2.05, 4.69) is 19.2 Å². The van der Waals surface area contributed by atoms with Gasteiger partial charge in [-0.3, -0.25) is 0 Å². The van der Waals surface area contributed by atoms with Crippen molar-refractivity contribution in [2.75, 3.05) is 20.2 Å². The summed E-state index contributed by atoms with van der Waals surface area (Å²) in [5, 5.41) is 3.60. The monoisotopic (exact) mass is 200 g/mol. The lowest BCUT2D eigenvalue weighted by Gasteiger charge is -2.34. The van der Waals surface area contributed by atoms with Crippen molar-refractivity contribution in [2.45, 2.75) is 44.8 Å². The standard InChI is InChI=1S/C11H24N2O/c1-4-11(8-12,10-5-6-10)13-7-9(2)14-3/h9-10,13H,4-8,12H2,1-3H3. The van der Waals surface area contributed by atoms with Gasteiger partial charge in [-0.1, -0.05) is 6.92 Å². The molecule has 0 aromatic rings. The van der Waals surface area contributed by atoms with Crippen LogP contribution < -0.4 is 11.1 Å². The van der Waals surface area contributed by atoms with E-state index in [-0.39, 0.29) is 11.6 Å². The highest BCUT2D eigenvalue weighted by Crippen LogP contribution is 2.40. The van der Waals surface area contributed by atoms with E-state index in [0.717, 1.165) is 25.4 Å². The van der Waals surface area contributed by atoms with E-state index < -0.39 is 0 Å². The van der Waals surface area contributed by atoms with Gasteiger partial charge in [0.2, 0.25) is 0 Å². The molecule has 1 rings (SSSR count). The summed E-state index contributed by atoms with van der Waals surface area (Å²) in [6.45, 7) is 5.94. The molecule has 0 bridgehead atoms. The lowest BCUT2D eigenvalue weighted by atomic mass is 9.90. The third-order valence-electron chi connectivity index (χ3n) is 3.50. The van der Waals surface area contributed by atoms with Crippen molar-refractivity contribution in [3.05, 3.63) is 0 Å². The van der Waals surface area contributed by atoms with Crippen LogP contribution in [0.3, 0.4) is 0 Å². The Hall–Kier alpha value is -0.120. The second kappa shape index (κ2) is 5.10. The molecular weight excluding hydrogens is 176 g/mol. The third kappa shape index (κ3) is 2.69. The zero-order valence-corrected chi connectivity index (χ0v) is 9.68. The first kappa shape index (κ1) is 12.0. The minimum Gasteiger partial charge on any atom is -0.380 e. The van der Waals surface area contributed by atoms with Crippen LogP contribution in [0, 0.1) is 5.92 Å². The summed E-state index contributed by atoms with van der Waals surface area (Å²) in [7, 11) is 1.75. The van der Waals surface area contributed by atoms with Gasteiger partial charge in [-0.2, -0.15) is 0 Å². The topological polar surface area (TPSA) is 47.3 Å². The molecule has 3 heteroatoms. The average Bonchev–Trinajstić information content (AvgIpc) is 3.04.